The van der Waals surface area contributed by atoms with Gasteiger partial charge in [-0.05, 0) is 40.5 Å². The standard InChI is InChI=1S/C18H27N3O8/c1-17(2)26-9-12-14(29-18(3,4)28-12)11(27-17)8-7-10-13(21(22)23)15(24-5)20-16(19-10)25-6/h11-12,14H,7-9H2,1-6H3/t11-,12+,14-/m0/s1. The van der Waals surface area contributed by atoms with Crippen molar-refractivity contribution in [1.82, 2.24) is 9.97 Å². The Balaban J connectivity index is 1.87. The Morgan fingerprint density at radius 1 is 1.10 bits per heavy atom. The van der Waals surface area contributed by atoms with Crippen LogP contribution in [-0.2, 0) is 25.4 Å². The van der Waals surface area contributed by atoms with Crippen LogP contribution in [0.15, 0.2) is 0 Å². The Kier molecular flexibility index (Phi) is 5.95. The molecule has 29 heavy (non-hydrogen) atoms. The molecule has 1 aromatic rings. The van der Waals surface area contributed by atoms with Gasteiger partial charge in [-0.25, -0.2) is 0 Å². The summed E-state index contributed by atoms with van der Waals surface area (Å²) in [6.45, 7) is 7.60. The molecule has 0 bridgehead atoms. The van der Waals surface area contributed by atoms with Crippen molar-refractivity contribution in [3.63, 3.8) is 0 Å². The molecule has 11 nitrogen and oxygen atoms in total. The fourth-order valence-electron chi connectivity index (χ4n) is 3.61. The van der Waals surface area contributed by atoms with Gasteiger partial charge in [0.2, 0.25) is 0 Å². The first kappa shape index (κ1) is 21.6. The lowest BCUT2D eigenvalue weighted by Crippen LogP contribution is -2.39. The van der Waals surface area contributed by atoms with Crippen LogP contribution >= 0.6 is 0 Å². The number of nitro groups is 1. The molecule has 2 aliphatic rings. The Bertz CT molecular complexity index is 770. The van der Waals surface area contributed by atoms with Gasteiger partial charge in [0.05, 0.1) is 31.9 Å². The third-order valence-electron chi connectivity index (χ3n) is 4.75. The summed E-state index contributed by atoms with van der Waals surface area (Å²) in [5, 5.41) is 11.6. The fraction of sp³-hybridized carbons (Fsp3) is 0.778. The molecular weight excluding hydrogens is 386 g/mol. The first-order valence-corrected chi connectivity index (χ1v) is 9.36. The van der Waals surface area contributed by atoms with E-state index in [1.807, 2.05) is 27.7 Å². The molecule has 2 fully saturated rings. The predicted octanol–water partition coefficient (Wildman–Crippen LogP) is 2.01. The molecule has 162 valence electrons. The molecule has 1 aromatic heterocycles. The smallest absolute Gasteiger partial charge is 0.352 e. The van der Waals surface area contributed by atoms with Gasteiger partial charge in [-0.2, -0.15) is 9.97 Å². The van der Waals surface area contributed by atoms with E-state index in [0.29, 0.717) is 13.0 Å². The zero-order valence-electron chi connectivity index (χ0n) is 17.5. The van der Waals surface area contributed by atoms with Crippen molar-refractivity contribution in [3.8, 4) is 11.9 Å². The molecule has 0 radical (unpaired) electrons. The van der Waals surface area contributed by atoms with Gasteiger partial charge in [0, 0.05) is 0 Å². The highest BCUT2D eigenvalue weighted by Gasteiger charge is 2.49. The number of ether oxygens (including phenoxy) is 6. The van der Waals surface area contributed by atoms with Gasteiger partial charge in [-0.1, -0.05) is 0 Å². The molecule has 0 aromatic carbocycles. The normalized spacial score (nSPS) is 27.7. The maximum absolute atomic E-state index is 11.6. The van der Waals surface area contributed by atoms with Gasteiger partial charge in [0.1, 0.15) is 17.9 Å². The second-order valence-corrected chi connectivity index (χ2v) is 7.82. The highest BCUT2D eigenvalue weighted by atomic mass is 16.8. The molecule has 0 amide bonds. The molecule has 3 atom stereocenters. The van der Waals surface area contributed by atoms with Gasteiger partial charge < -0.3 is 28.4 Å². The Hall–Kier alpha value is -2.08. The summed E-state index contributed by atoms with van der Waals surface area (Å²) in [5.41, 5.74) is -0.0992. The zero-order valence-corrected chi connectivity index (χ0v) is 17.5. The molecule has 0 spiro atoms. The summed E-state index contributed by atoms with van der Waals surface area (Å²) in [7, 11) is 2.69. The van der Waals surface area contributed by atoms with Crippen molar-refractivity contribution in [3.05, 3.63) is 15.8 Å². The van der Waals surface area contributed by atoms with Crippen molar-refractivity contribution in [1.29, 1.82) is 0 Å². The average Bonchev–Trinajstić information content (AvgIpc) is 2.91. The molecular formula is C18H27N3O8. The third kappa shape index (κ3) is 4.74. The van der Waals surface area contributed by atoms with Crippen LogP contribution in [0.1, 0.15) is 39.8 Å². The summed E-state index contributed by atoms with van der Waals surface area (Å²) in [5.74, 6) is -1.77. The minimum absolute atomic E-state index is 0.00708. The number of methoxy groups -OCH3 is 2. The van der Waals surface area contributed by atoms with E-state index in [2.05, 4.69) is 9.97 Å². The molecule has 2 saturated heterocycles. The second-order valence-electron chi connectivity index (χ2n) is 7.82. The van der Waals surface area contributed by atoms with Gasteiger partial charge in [-0.15, -0.1) is 0 Å². The second kappa shape index (κ2) is 7.98. The number of hydrogen-bond acceptors (Lipinski definition) is 10. The number of aryl methyl sites for hydroxylation is 1. The summed E-state index contributed by atoms with van der Waals surface area (Å²) < 4.78 is 34.1. The van der Waals surface area contributed by atoms with E-state index >= 15 is 0 Å². The predicted molar refractivity (Wildman–Crippen MR) is 98.8 cm³/mol. The van der Waals surface area contributed by atoms with Gasteiger partial charge >= 0.3 is 17.6 Å². The topological polar surface area (TPSA) is 124 Å². The largest absolute Gasteiger partial charge is 0.476 e. The van der Waals surface area contributed by atoms with Crippen molar-refractivity contribution in [2.45, 2.75) is 70.4 Å². The van der Waals surface area contributed by atoms with Crippen LogP contribution in [0.4, 0.5) is 5.69 Å². The molecule has 0 saturated carbocycles. The van der Waals surface area contributed by atoms with Crippen molar-refractivity contribution in [2.75, 3.05) is 20.8 Å². The number of fused-ring (bicyclic) bond motifs is 1. The van der Waals surface area contributed by atoms with E-state index in [-0.39, 0.29) is 41.9 Å². The summed E-state index contributed by atoms with van der Waals surface area (Å²) in [6, 6.07) is -0.00708. The molecule has 3 rings (SSSR count). The zero-order chi connectivity index (χ0) is 21.4. The number of nitrogens with zero attached hydrogens (tertiary/aromatic N) is 3. The van der Waals surface area contributed by atoms with Crippen molar-refractivity contribution < 1.29 is 33.3 Å². The molecule has 3 heterocycles. The van der Waals surface area contributed by atoms with Crippen LogP contribution < -0.4 is 9.47 Å². The lowest BCUT2D eigenvalue weighted by atomic mass is 10.0. The number of aromatic nitrogens is 2. The summed E-state index contributed by atoms with van der Waals surface area (Å²) in [4.78, 5) is 19.1. The molecule has 0 N–H and O–H groups in total. The van der Waals surface area contributed by atoms with Crippen LogP contribution in [0.5, 0.6) is 11.9 Å². The Labute approximate surface area is 168 Å². The van der Waals surface area contributed by atoms with Gasteiger partial charge in [0.25, 0.3) is 0 Å². The van der Waals surface area contributed by atoms with E-state index in [1.165, 1.54) is 14.2 Å². The maximum atomic E-state index is 11.6. The van der Waals surface area contributed by atoms with Crippen molar-refractivity contribution in [2.24, 2.45) is 0 Å². The van der Waals surface area contributed by atoms with E-state index in [9.17, 15) is 10.1 Å². The minimum Gasteiger partial charge on any atom is -0.476 e. The van der Waals surface area contributed by atoms with E-state index in [1.54, 1.807) is 0 Å². The molecule has 11 heteroatoms. The SMILES string of the molecule is COc1nc(CC[C@@H]2OC(C)(C)OC[C@H]3OC(C)(C)O[C@@H]23)c([N+](=O)[O-])c(OC)n1. The number of rotatable bonds is 6. The highest BCUT2D eigenvalue weighted by Crippen LogP contribution is 2.38. The highest BCUT2D eigenvalue weighted by molar-refractivity contribution is 5.46. The molecule has 2 aliphatic heterocycles. The third-order valence-corrected chi connectivity index (χ3v) is 4.75. The Morgan fingerprint density at radius 3 is 2.45 bits per heavy atom. The first-order chi connectivity index (χ1) is 13.5. The van der Waals surface area contributed by atoms with E-state index < -0.39 is 22.6 Å². The minimum atomic E-state index is -0.848. The Morgan fingerprint density at radius 2 is 1.83 bits per heavy atom. The van der Waals surface area contributed by atoms with Crippen LogP contribution in [0.2, 0.25) is 0 Å². The molecule has 0 unspecified atom stereocenters. The lowest BCUT2D eigenvalue weighted by Gasteiger charge is -2.30. The van der Waals surface area contributed by atoms with Crippen molar-refractivity contribution >= 4 is 5.69 Å². The monoisotopic (exact) mass is 413 g/mol. The van der Waals surface area contributed by atoms with E-state index in [4.69, 9.17) is 28.4 Å². The number of hydrogen-bond donors (Lipinski definition) is 0. The van der Waals surface area contributed by atoms with Crippen LogP contribution in [0.25, 0.3) is 0 Å². The van der Waals surface area contributed by atoms with E-state index in [0.717, 1.165) is 0 Å². The summed E-state index contributed by atoms with van der Waals surface area (Å²) in [6.07, 6.45) is -0.500. The molecule has 0 aliphatic carbocycles. The van der Waals surface area contributed by atoms with Crippen LogP contribution in [0.3, 0.4) is 0 Å². The van der Waals surface area contributed by atoms with Crippen LogP contribution in [-0.4, -0.2) is 65.6 Å². The first-order valence-electron chi connectivity index (χ1n) is 9.36. The fourth-order valence-corrected chi connectivity index (χ4v) is 3.61. The lowest BCUT2D eigenvalue weighted by molar-refractivity contribution is -0.387. The van der Waals surface area contributed by atoms with Gasteiger partial charge in [-0.3, -0.25) is 10.1 Å². The summed E-state index contributed by atoms with van der Waals surface area (Å²) >= 11 is 0. The quantitative estimate of drug-likeness (QED) is 0.505. The van der Waals surface area contributed by atoms with Crippen LogP contribution in [0, 0.1) is 10.1 Å². The average molecular weight is 413 g/mol. The van der Waals surface area contributed by atoms with Gasteiger partial charge in [0.15, 0.2) is 11.6 Å². The maximum Gasteiger partial charge on any atom is 0.352 e.